The third-order valence-corrected chi connectivity index (χ3v) is 5.35. The Kier molecular flexibility index (Phi) is 8.32. The number of nitrogens with one attached hydrogen (secondary N) is 1. The van der Waals surface area contributed by atoms with Gasteiger partial charge < -0.3 is 15.0 Å². The van der Waals surface area contributed by atoms with Crippen molar-refractivity contribution in [3.05, 3.63) is 65.5 Å². The predicted molar refractivity (Wildman–Crippen MR) is 110 cm³/mol. The van der Waals surface area contributed by atoms with Crippen LogP contribution in [0.25, 0.3) is 0 Å². The molecule has 0 aliphatic rings. The van der Waals surface area contributed by atoms with Gasteiger partial charge in [0.05, 0.1) is 12.9 Å². The van der Waals surface area contributed by atoms with Crippen molar-refractivity contribution < 1.29 is 18.7 Å². The van der Waals surface area contributed by atoms with Crippen LogP contribution >= 0.6 is 11.8 Å². The number of carbonyl (C=O) groups is 2. The summed E-state index contributed by atoms with van der Waals surface area (Å²) < 4.78 is 19.2. The number of halogens is 1. The van der Waals surface area contributed by atoms with E-state index in [1.165, 1.54) is 29.8 Å². The van der Waals surface area contributed by atoms with Crippen LogP contribution in [0.15, 0.2) is 48.5 Å². The number of rotatable bonds is 9. The van der Waals surface area contributed by atoms with Crippen LogP contribution in [0.2, 0.25) is 0 Å². The van der Waals surface area contributed by atoms with E-state index in [4.69, 9.17) is 4.74 Å². The molecular weight excluding hydrogens is 379 g/mol. The molecule has 0 radical (unpaired) electrons. The lowest BCUT2D eigenvalue weighted by Gasteiger charge is -2.28. The van der Waals surface area contributed by atoms with E-state index in [0.717, 1.165) is 11.3 Å². The average Bonchev–Trinajstić information content (AvgIpc) is 2.72. The summed E-state index contributed by atoms with van der Waals surface area (Å²) in [6, 6.07) is 13.2. The minimum Gasteiger partial charge on any atom is -0.497 e. The van der Waals surface area contributed by atoms with Crippen molar-refractivity contribution in [1.29, 1.82) is 0 Å². The van der Waals surface area contributed by atoms with Gasteiger partial charge in [-0.05, 0) is 30.7 Å². The molecule has 0 spiro atoms. The number of likely N-dealkylation sites (N-methyl/N-ethyl adjacent to an activating group) is 1. The number of hydrogen-bond acceptors (Lipinski definition) is 4. The van der Waals surface area contributed by atoms with E-state index >= 15 is 0 Å². The summed E-state index contributed by atoms with van der Waals surface area (Å²) in [5.41, 5.74) is 1.45. The van der Waals surface area contributed by atoms with Gasteiger partial charge >= 0.3 is 0 Å². The third kappa shape index (κ3) is 5.99. The maximum Gasteiger partial charge on any atom is 0.242 e. The Morgan fingerprint density at radius 1 is 1.18 bits per heavy atom. The van der Waals surface area contributed by atoms with Gasteiger partial charge in [-0.15, -0.1) is 11.8 Å². The molecule has 2 aromatic rings. The Labute approximate surface area is 169 Å². The van der Waals surface area contributed by atoms with Gasteiger partial charge in [0.25, 0.3) is 0 Å². The zero-order valence-electron chi connectivity index (χ0n) is 16.3. The topological polar surface area (TPSA) is 58.6 Å². The average molecular weight is 405 g/mol. The summed E-state index contributed by atoms with van der Waals surface area (Å²) in [6.07, 6.45) is 0. The molecule has 2 amide bonds. The van der Waals surface area contributed by atoms with Crippen molar-refractivity contribution >= 4 is 23.6 Å². The zero-order chi connectivity index (χ0) is 20.5. The second-order valence-electron chi connectivity index (χ2n) is 6.24. The minimum atomic E-state index is -0.696. The van der Waals surface area contributed by atoms with Crippen molar-refractivity contribution in [2.75, 3.05) is 19.9 Å². The number of thioether (sulfide) groups is 1. The first-order valence-corrected chi connectivity index (χ1v) is 10.1. The van der Waals surface area contributed by atoms with Gasteiger partial charge in [0.2, 0.25) is 11.8 Å². The molecule has 2 rings (SSSR count). The molecule has 0 heterocycles. The second-order valence-corrected chi connectivity index (χ2v) is 7.23. The molecule has 0 saturated carbocycles. The highest BCUT2D eigenvalue weighted by Crippen LogP contribution is 2.19. The quantitative estimate of drug-likeness (QED) is 0.697. The van der Waals surface area contributed by atoms with Gasteiger partial charge in [0, 0.05) is 24.9 Å². The number of methoxy groups -OCH3 is 1. The summed E-state index contributed by atoms with van der Waals surface area (Å²) in [5, 5.41) is 2.55. The lowest BCUT2D eigenvalue weighted by molar-refractivity contribution is -0.138. The fourth-order valence-electron chi connectivity index (χ4n) is 2.66. The zero-order valence-corrected chi connectivity index (χ0v) is 17.1. The maximum atomic E-state index is 14.0. The number of amides is 2. The molecule has 0 fully saturated rings. The van der Waals surface area contributed by atoms with E-state index in [2.05, 4.69) is 5.32 Å². The van der Waals surface area contributed by atoms with Gasteiger partial charge in [0.15, 0.2) is 0 Å². The summed E-state index contributed by atoms with van der Waals surface area (Å²) in [4.78, 5) is 26.3. The Morgan fingerprint density at radius 3 is 2.46 bits per heavy atom. The van der Waals surface area contributed by atoms with Crippen molar-refractivity contribution in [3.63, 3.8) is 0 Å². The van der Waals surface area contributed by atoms with E-state index < -0.39 is 11.9 Å². The van der Waals surface area contributed by atoms with Crippen LogP contribution in [0.4, 0.5) is 4.39 Å². The molecular formula is C21H25FN2O3S. The molecule has 1 N–H and O–H groups in total. The molecule has 0 bridgehead atoms. The highest BCUT2D eigenvalue weighted by Gasteiger charge is 2.26. The van der Waals surface area contributed by atoms with Crippen LogP contribution in [-0.4, -0.2) is 42.7 Å². The molecule has 7 heteroatoms. The molecule has 0 aromatic heterocycles. The highest BCUT2D eigenvalue weighted by molar-refractivity contribution is 7.99. The van der Waals surface area contributed by atoms with Crippen LogP contribution in [0, 0.1) is 5.82 Å². The normalized spacial score (nSPS) is 11.6. The Balaban J connectivity index is 2.03. The predicted octanol–water partition coefficient (Wildman–Crippen LogP) is 3.23. The van der Waals surface area contributed by atoms with Gasteiger partial charge in [-0.1, -0.05) is 30.3 Å². The second kappa shape index (κ2) is 10.7. The Bertz CT molecular complexity index is 798. The van der Waals surface area contributed by atoms with E-state index in [0.29, 0.717) is 11.3 Å². The Hall–Kier alpha value is -2.54. The first kappa shape index (κ1) is 21.8. The lowest BCUT2D eigenvalue weighted by atomic mass is 10.1. The highest BCUT2D eigenvalue weighted by atomic mass is 32.2. The number of nitrogens with zero attached hydrogens (tertiary/aromatic N) is 1. The molecule has 0 unspecified atom stereocenters. The standard InChI is InChI=1S/C21H25FN2O3S/c1-15(21(26)23-2)24(12-17-6-4-5-7-19(17)22)20(25)14-28-13-16-8-10-18(27-3)11-9-16/h4-11,15H,12-14H2,1-3H3,(H,23,26)/t15-/m0/s1. The van der Waals surface area contributed by atoms with Crippen molar-refractivity contribution in [2.45, 2.75) is 25.3 Å². The number of ether oxygens (including phenoxy) is 1. The molecule has 0 saturated heterocycles. The van der Waals surface area contributed by atoms with Gasteiger partial charge in [-0.3, -0.25) is 9.59 Å². The maximum absolute atomic E-state index is 14.0. The van der Waals surface area contributed by atoms with E-state index in [-0.39, 0.29) is 24.1 Å². The van der Waals surface area contributed by atoms with E-state index in [1.54, 1.807) is 32.2 Å². The molecule has 0 aliphatic carbocycles. The SMILES string of the molecule is CNC(=O)[C@H](C)N(Cc1ccccc1F)C(=O)CSCc1ccc(OC)cc1. The smallest absolute Gasteiger partial charge is 0.242 e. The van der Waals surface area contributed by atoms with Gasteiger partial charge in [0.1, 0.15) is 17.6 Å². The van der Waals surface area contributed by atoms with Gasteiger partial charge in [-0.2, -0.15) is 0 Å². The third-order valence-electron chi connectivity index (χ3n) is 4.37. The largest absolute Gasteiger partial charge is 0.497 e. The fraction of sp³-hybridized carbons (Fsp3) is 0.333. The van der Waals surface area contributed by atoms with Crippen LogP contribution in [0.3, 0.4) is 0 Å². The number of benzene rings is 2. The summed E-state index contributed by atoms with van der Waals surface area (Å²) in [7, 11) is 3.13. The minimum absolute atomic E-state index is 0.0448. The lowest BCUT2D eigenvalue weighted by Crippen LogP contribution is -2.47. The van der Waals surface area contributed by atoms with Gasteiger partial charge in [-0.25, -0.2) is 4.39 Å². The van der Waals surface area contributed by atoms with Crippen molar-refractivity contribution in [2.24, 2.45) is 0 Å². The molecule has 150 valence electrons. The number of carbonyl (C=O) groups excluding carboxylic acids is 2. The summed E-state index contributed by atoms with van der Waals surface area (Å²) in [5.74, 6) is 0.734. The first-order valence-electron chi connectivity index (χ1n) is 8.91. The molecule has 28 heavy (non-hydrogen) atoms. The fourth-order valence-corrected chi connectivity index (χ4v) is 3.53. The first-order chi connectivity index (χ1) is 13.5. The Morgan fingerprint density at radius 2 is 1.86 bits per heavy atom. The van der Waals surface area contributed by atoms with Crippen LogP contribution in [0.5, 0.6) is 5.75 Å². The van der Waals surface area contributed by atoms with Crippen molar-refractivity contribution in [3.8, 4) is 5.75 Å². The van der Waals surface area contributed by atoms with Crippen LogP contribution in [-0.2, 0) is 21.9 Å². The monoisotopic (exact) mass is 404 g/mol. The van der Waals surface area contributed by atoms with E-state index in [9.17, 15) is 14.0 Å². The summed E-state index contributed by atoms with van der Waals surface area (Å²) >= 11 is 1.45. The molecule has 5 nitrogen and oxygen atoms in total. The summed E-state index contributed by atoms with van der Waals surface area (Å²) in [6.45, 7) is 1.69. The molecule has 2 aromatic carbocycles. The van der Waals surface area contributed by atoms with Crippen LogP contribution in [0.1, 0.15) is 18.1 Å². The van der Waals surface area contributed by atoms with Crippen LogP contribution < -0.4 is 10.1 Å². The van der Waals surface area contributed by atoms with E-state index in [1.807, 2.05) is 24.3 Å². The molecule has 1 atom stereocenters. The molecule has 0 aliphatic heterocycles. The van der Waals surface area contributed by atoms with Crippen molar-refractivity contribution in [1.82, 2.24) is 10.2 Å². The number of hydrogen-bond donors (Lipinski definition) is 1.